The molecule has 1 aliphatic heterocycles. The van der Waals surface area contributed by atoms with Crippen LogP contribution in [0.1, 0.15) is 39.5 Å². The van der Waals surface area contributed by atoms with Gasteiger partial charge in [0.05, 0.1) is 0 Å². The Hall–Kier alpha value is -0.520. The van der Waals surface area contributed by atoms with Crippen LogP contribution in [0.4, 0.5) is 0 Å². The van der Waals surface area contributed by atoms with Crippen molar-refractivity contribution < 1.29 is 4.74 Å². The van der Waals surface area contributed by atoms with Crippen LogP contribution in [-0.2, 0) is 4.74 Å². The fourth-order valence-corrected chi connectivity index (χ4v) is 1.98. The zero-order valence-corrected chi connectivity index (χ0v) is 10.0. The summed E-state index contributed by atoms with van der Waals surface area (Å²) in [6.07, 6.45) is 4.61. The van der Waals surface area contributed by atoms with E-state index in [1.807, 2.05) is 6.92 Å². The highest BCUT2D eigenvalue weighted by atomic mass is 16.5. The third kappa shape index (κ3) is 5.20. The fraction of sp³-hybridized carbons (Fsp3) is 0.846. The van der Waals surface area contributed by atoms with Gasteiger partial charge in [-0.25, -0.2) is 0 Å². The first kappa shape index (κ1) is 12.5. The molecule has 1 rings (SSSR count). The molecule has 0 aliphatic carbocycles. The Morgan fingerprint density at radius 2 is 2.40 bits per heavy atom. The molecule has 0 radical (unpaired) electrons. The van der Waals surface area contributed by atoms with Gasteiger partial charge in [-0.15, -0.1) is 11.8 Å². The maximum absolute atomic E-state index is 5.40. The lowest BCUT2D eigenvalue weighted by Crippen LogP contribution is -2.31. The number of nitrogens with one attached hydrogen (secondary N) is 1. The third-order valence-corrected chi connectivity index (χ3v) is 2.85. The molecule has 2 heteroatoms. The standard InChI is InChI=1S/C13H23NO/c1-3-5-6-13(14-8-4-2)10-12-7-9-15-11-12/h12-14H,4,6-11H2,1-2H3. The Bertz CT molecular complexity index is 210. The van der Waals surface area contributed by atoms with E-state index in [2.05, 4.69) is 24.1 Å². The fourth-order valence-electron chi connectivity index (χ4n) is 1.98. The summed E-state index contributed by atoms with van der Waals surface area (Å²) in [4.78, 5) is 0. The summed E-state index contributed by atoms with van der Waals surface area (Å²) in [6.45, 7) is 7.11. The minimum Gasteiger partial charge on any atom is -0.381 e. The van der Waals surface area contributed by atoms with Gasteiger partial charge in [-0.1, -0.05) is 6.92 Å². The lowest BCUT2D eigenvalue weighted by molar-refractivity contribution is 0.181. The molecule has 0 aromatic rings. The van der Waals surface area contributed by atoms with Crippen molar-refractivity contribution in [2.45, 2.75) is 45.6 Å². The van der Waals surface area contributed by atoms with Crippen LogP contribution in [0.25, 0.3) is 0 Å². The largest absolute Gasteiger partial charge is 0.381 e. The number of ether oxygens (including phenoxy) is 1. The highest BCUT2D eigenvalue weighted by molar-refractivity contribution is 4.98. The van der Waals surface area contributed by atoms with Crippen molar-refractivity contribution in [3.63, 3.8) is 0 Å². The Morgan fingerprint density at radius 3 is 3.00 bits per heavy atom. The van der Waals surface area contributed by atoms with Gasteiger partial charge in [-0.05, 0) is 38.6 Å². The second kappa shape index (κ2) is 7.73. The van der Waals surface area contributed by atoms with Crippen LogP contribution in [-0.4, -0.2) is 25.8 Å². The Labute approximate surface area is 93.8 Å². The van der Waals surface area contributed by atoms with Crippen molar-refractivity contribution in [1.29, 1.82) is 0 Å². The number of rotatable bonds is 6. The Balaban J connectivity index is 2.28. The summed E-state index contributed by atoms with van der Waals surface area (Å²) >= 11 is 0. The molecule has 0 amide bonds. The SMILES string of the molecule is CC#CCC(CC1CCOC1)NCCC. The van der Waals surface area contributed by atoms with Gasteiger partial charge in [-0.3, -0.25) is 0 Å². The molecule has 0 saturated carbocycles. The van der Waals surface area contributed by atoms with Crippen molar-refractivity contribution in [3.8, 4) is 11.8 Å². The average molecular weight is 209 g/mol. The minimum absolute atomic E-state index is 0.559. The van der Waals surface area contributed by atoms with E-state index in [-0.39, 0.29) is 0 Å². The normalized spacial score (nSPS) is 22.1. The van der Waals surface area contributed by atoms with Crippen LogP contribution in [0.3, 0.4) is 0 Å². The predicted octanol–water partition coefficient (Wildman–Crippen LogP) is 2.19. The number of hydrogen-bond acceptors (Lipinski definition) is 2. The topological polar surface area (TPSA) is 21.3 Å². The highest BCUT2D eigenvalue weighted by Gasteiger charge is 2.19. The Kier molecular flexibility index (Phi) is 6.47. The van der Waals surface area contributed by atoms with E-state index in [1.54, 1.807) is 0 Å². The summed E-state index contributed by atoms with van der Waals surface area (Å²) < 4.78 is 5.40. The summed E-state index contributed by atoms with van der Waals surface area (Å²) in [6, 6.07) is 0.559. The monoisotopic (exact) mass is 209 g/mol. The van der Waals surface area contributed by atoms with E-state index in [4.69, 9.17) is 4.74 Å². The van der Waals surface area contributed by atoms with Crippen LogP contribution in [0, 0.1) is 17.8 Å². The maximum atomic E-state index is 5.40. The van der Waals surface area contributed by atoms with Crippen molar-refractivity contribution in [3.05, 3.63) is 0 Å². The molecule has 2 nitrogen and oxygen atoms in total. The molecule has 86 valence electrons. The molecule has 0 spiro atoms. The molecule has 1 aliphatic rings. The summed E-state index contributed by atoms with van der Waals surface area (Å²) in [5, 5.41) is 3.57. The molecular formula is C13H23NO. The molecule has 2 atom stereocenters. The van der Waals surface area contributed by atoms with E-state index >= 15 is 0 Å². The molecule has 0 aromatic heterocycles. The van der Waals surface area contributed by atoms with Crippen LogP contribution in [0.5, 0.6) is 0 Å². The predicted molar refractivity (Wildman–Crippen MR) is 63.7 cm³/mol. The summed E-state index contributed by atoms with van der Waals surface area (Å²) in [5.41, 5.74) is 0. The van der Waals surface area contributed by atoms with Gasteiger partial charge < -0.3 is 10.1 Å². The third-order valence-electron chi connectivity index (χ3n) is 2.85. The second-order valence-corrected chi connectivity index (χ2v) is 4.25. The molecule has 2 unspecified atom stereocenters. The molecule has 1 heterocycles. The lowest BCUT2D eigenvalue weighted by atomic mass is 9.97. The summed E-state index contributed by atoms with van der Waals surface area (Å²) in [5.74, 6) is 6.90. The van der Waals surface area contributed by atoms with Gasteiger partial charge in [0.1, 0.15) is 0 Å². The highest BCUT2D eigenvalue weighted by Crippen LogP contribution is 2.19. The first-order valence-electron chi connectivity index (χ1n) is 6.07. The first-order valence-corrected chi connectivity index (χ1v) is 6.07. The zero-order valence-electron chi connectivity index (χ0n) is 10.0. The first-order chi connectivity index (χ1) is 7.36. The van der Waals surface area contributed by atoms with Crippen molar-refractivity contribution in [2.24, 2.45) is 5.92 Å². The van der Waals surface area contributed by atoms with E-state index in [0.717, 1.165) is 32.1 Å². The Morgan fingerprint density at radius 1 is 1.53 bits per heavy atom. The minimum atomic E-state index is 0.559. The molecule has 0 aromatic carbocycles. The molecule has 1 fully saturated rings. The quantitative estimate of drug-likeness (QED) is 0.677. The van der Waals surface area contributed by atoms with E-state index < -0.39 is 0 Å². The van der Waals surface area contributed by atoms with Gasteiger partial charge in [0.15, 0.2) is 0 Å². The van der Waals surface area contributed by atoms with Crippen LogP contribution >= 0.6 is 0 Å². The summed E-state index contributed by atoms with van der Waals surface area (Å²) in [7, 11) is 0. The zero-order chi connectivity index (χ0) is 10.9. The lowest BCUT2D eigenvalue weighted by Gasteiger charge is -2.19. The molecular weight excluding hydrogens is 186 g/mol. The van der Waals surface area contributed by atoms with Crippen molar-refractivity contribution >= 4 is 0 Å². The van der Waals surface area contributed by atoms with Gasteiger partial charge in [0, 0.05) is 25.7 Å². The molecule has 1 N–H and O–H groups in total. The molecule has 15 heavy (non-hydrogen) atoms. The van der Waals surface area contributed by atoms with Crippen LogP contribution in [0.2, 0.25) is 0 Å². The molecule has 1 saturated heterocycles. The average Bonchev–Trinajstić information content (AvgIpc) is 2.74. The van der Waals surface area contributed by atoms with Crippen molar-refractivity contribution in [1.82, 2.24) is 5.32 Å². The van der Waals surface area contributed by atoms with Crippen LogP contribution in [0.15, 0.2) is 0 Å². The van der Waals surface area contributed by atoms with Crippen LogP contribution < -0.4 is 5.32 Å². The van der Waals surface area contributed by atoms with Gasteiger partial charge >= 0.3 is 0 Å². The van der Waals surface area contributed by atoms with E-state index in [0.29, 0.717) is 6.04 Å². The van der Waals surface area contributed by atoms with E-state index in [1.165, 1.54) is 19.3 Å². The van der Waals surface area contributed by atoms with E-state index in [9.17, 15) is 0 Å². The van der Waals surface area contributed by atoms with Crippen molar-refractivity contribution in [2.75, 3.05) is 19.8 Å². The van der Waals surface area contributed by atoms with Gasteiger partial charge in [-0.2, -0.15) is 0 Å². The van der Waals surface area contributed by atoms with Gasteiger partial charge in [0.25, 0.3) is 0 Å². The van der Waals surface area contributed by atoms with Gasteiger partial charge in [0.2, 0.25) is 0 Å². The smallest absolute Gasteiger partial charge is 0.0495 e. The second-order valence-electron chi connectivity index (χ2n) is 4.25. The number of hydrogen-bond donors (Lipinski definition) is 1. The molecule has 0 bridgehead atoms. The maximum Gasteiger partial charge on any atom is 0.0495 e.